The van der Waals surface area contributed by atoms with Crippen molar-refractivity contribution in [2.24, 2.45) is 0 Å². The molecule has 3 aromatic rings. The standard InChI is InChI=1S/C28H31N3O5S/c1-37(34,35)31(25-12-14-26(15-13-25)36-21-22-7-3-2-4-8-22)20-27(32)29-18-23-9-5-10-24(17-23)19-30-16-6-11-28(30)33/h2-5,7-10,12-15,17H,6,11,16,18-21H2,1H3,(H,29,32). The van der Waals surface area contributed by atoms with Gasteiger partial charge in [0.1, 0.15) is 18.9 Å². The number of ether oxygens (including phenoxy) is 1. The van der Waals surface area contributed by atoms with Gasteiger partial charge in [-0.25, -0.2) is 8.42 Å². The largest absolute Gasteiger partial charge is 0.489 e. The number of nitrogens with one attached hydrogen (secondary N) is 1. The van der Waals surface area contributed by atoms with Crippen molar-refractivity contribution in [1.82, 2.24) is 10.2 Å². The first-order chi connectivity index (χ1) is 17.8. The summed E-state index contributed by atoms with van der Waals surface area (Å²) in [5.74, 6) is 0.339. The summed E-state index contributed by atoms with van der Waals surface area (Å²) in [4.78, 5) is 26.4. The van der Waals surface area contributed by atoms with Gasteiger partial charge in [-0.2, -0.15) is 0 Å². The van der Waals surface area contributed by atoms with E-state index in [9.17, 15) is 18.0 Å². The molecule has 0 saturated carbocycles. The summed E-state index contributed by atoms with van der Waals surface area (Å²) in [5, 5.41) is 2.80. The van der Waals surface area contributed by atoms with Crippen LogP contribution in [0.5, 0.6) is 5.75 Å². The Morgan fingerprint density at radius 2 is 1.68 bits per heavy atom. The molecule has 0 bridgehead atoms. The molecule has 194 valence electrons. The maximum Gasteiger partial charge on any atom is 0.241 e. The lowest BCUT2D eigenvalue weighted by molar-refractivity contribution is -0.128. The zero-order valence-electron chi connectivity index (χ0n) is 20.8. The van der Waals surface area contributed by atoms with E-state index in [2.05, 4.69) is 5.32 Å². The molecule has 8 nitrogen and oxygen atoms in total. The van der Waals surface area contributed by atoms with Crippen molar-refractivity contribution in [2.45, 2.75) is 32.5 Å². The predicted octanol–water partition coefficient (Wildman–Crippen LogP) is 3.47. The summed E-state index contributed by atoms with van der Waals surface area (Å²) in [5.41, 5.74) is 3.27. The number of hydrogen-bond acceptors (Lipinski definition) is 5. The Balaban J connectivity index is 1.33. The Morgan fingerprint density at radius 1 is 0.973 bits per heavy atom. The minimum absolute atomic E-state index is 0.162. The summed E-state index contributed by atoms with van der Waals surface area (Å²) in [6.45, 7) is 1.62. The van der Waals surface area contributed by atoms with Crippen LogP contribution < -0.4 is 14.4 Å². The molecule has 0 aromatic heterocycles. The second-order valence-corrected chi connectivity index (χ2v) is 11.0. The molecule has 1 heterocycles. The van der Waals surface area contributed by atoms with Crippen LogP contribution >= 0.6 is 0 Å². The molecular formula is C28H31N3O5S. The topological polar surface area (TPSA) is 96.0 Å². The van der Waals surface area contributed by atoms with Gasteiger partial charge in [0.25, 0.3) is 0 Å². The first-order valence-electron chi connectivity index (χ1n) is 12.1. The Hall–Kier alpha value is -3.85. The summed E-state index contributed by atoms with van der Waals surface area (Å²) in [7, 11) is -3.70. The van der Waals surface area contributed by atoms with E-state index in [-0.39, 0.29) is 19.0 Å². The number of carbonyl (C=O) groups excluding carboxylic acids is 2. The third-order valence-electron chi connectivity index (χ3n) is 6.09. The number of amides is 2. The number of sulfonamides is 1. The van der Waals surface area contributed by atoms with Crippen molar-refractivity contribution in [3.63, 3.8) is 0 Å². The fourth-order valence-electron chi connectivity index (χ4n) is 4.17. The average molecular weight is 522 g/mol. The minimum Gasteiger partial charge on any atom is -0.489 e. The molecule has 9 heteroatoms. The van der Waals surface area contributed by atoms with Crippen LogP contribution in [-0.4, -0.2) is 44.5 Å². The van der Waals surface area contributed by atoms with Gasteiger partial charge in [0, 0.05) is 26.1 Å². The summed E-state index contributed by atoms with van der Waals surface area (Å²) < 4.78 is 31.7. The van der Waals surface area contributed by atoms with E-state index >= 15 is 0 Å². The third kappa shape index (κ3) is 7.57. The van der Waals surface area contributed by atoms with E-state index in [4.69, 9.17) is 4.74 Å². The van der Waals surface area contributed by atoms with Crippen LogP contribution in [0.1, 0.15) is 29.5 Å². The highest BCUT2D eigenvalue weighted by molar-refractivity contribution is 7.92. The first-order valence-corrected chi connectivity index (χ1v) is 14.0. The van der Waals surface area contributed by atoms with Crippen LogP contribution in [0.2, 0.25) is 0 Å². The predicted molar refractivity (Wildman–Crippen MR) is 142 cm³/mol. The van der Waals surface area contributed by atoms with Gasteiger partial charge in [-0.3, -0.25) is 13.9 Å². The molecule has 1 aliphatic heterocycles. The van der Waals surface area contributed by atoms with E-state index in [1.54, 1.807) is 24.3 Å². The van der Waals surface area contributed by atoms with Crippen LogP contribution in [0.4, 0.5) is 5.69 Å². The molecule has 1 fully saturated rings. The van der Waals surface area contributed by atoms with Gasteiger partial charge in [0.2, 0.25) is 21.8 Å². The van der Waals surface area contributed by atoms with Crippen molar-refractivity contribution >= 4 is 27.5 Å². The molecule has 37 heavy (non-hydrogen) atoms. The van der Waals surface area contributed by atoms with Crippen LogP contribution in [0, 0.1) is 0 Å². The fraction of sp³-hybridized carbons (Fsp3) is 0.286. The molecular weight excluding hydrogens is 490 g/mol. The lowest BCUT2D eigenvalue weighted by atomic mass is 10.1. The monoisotopic (exact) mass is 521 g/mol. The van der Waals surface area contributed by atoms with Crippen molar-refractivity contribution < 1.29 is 22.7 Å². The van der Waals surface area contributed by atoms with E-state index in [1.165, 1.54) is 0 Å². The van der Waals surface area contributed by atoms with Crippen LogP contribution in [0.15, 0.2) is 78.9 Å². The van der Waals surface area contributed by atoms with Gasteiger partial charge in [0.15, 0.2) is 0 Å². The second-order valence-electron chi connectivity index (χ2n) is 9.05. The quantitative estimate of drug-likeness (QED) is 0.417. The van der Waals surface area contributed by atoms with Gasteiger partial charge in [-0.1, -0.05) is 54.6 Å². The van der Waals surface area contributed by atoms with Crippen molar-refractivity contribution in [1.29, 1.82) is 0 Å². The number of anilines is 1. The average Bonchev–Trinajstić information content (AvgIpc) is 3.29. The number of likely N-dealkylation sites (tertiary alicyclic amines) is 1. The molecule has 1 N–H and O–H groups in total. The minimum atomic E-state index is -3.70. The zero-order chi connectivity index (χ0) is 26.3. The normalized spacial score (nSPS) is 13.4. The Morgan fingerprint density at radius 3 is 2.35 bits per heavy atom. The van der Waals surface area contributed by atoms with Gasteiger partial charge in [-0.15, -0.1) is 0 Å². The van der Waals surface area contributed by atoms with Crippen LogP contribution in [0.3, 0.4) is 0 Å². The van der Waals surface area contributed by atoms with E-state index in [0.29, 0.717) is 31.0 Å². The zero-order valence-corrected chi connectivity index (χ0v) is 21.6. The van der Waals surface area contributed by atoms with Crippen molar-refractivity contribution in [2.75, 3.05) is 23.7 Å². The lowest BCUT2D eigenvalue weighted by Crippen LogP contribution is -2.40. The molecule has 0 aliphatic carbocycles. The Bertz CT molecular complexity index is 1330. The lowest BCUT2D eigenvalue weighted by Gasteiger charge is -2.22. The summed E-state index contributed by atoms with van der Waals surface area (Å²) in [6.07, 6.45) is 2.55. The molecule has 0 radical (unpaired) electrons. The molecule has 3 aromatic carbocycles. The SMILES string of the molecule is CS(=O)(=O)N(CC(=O)NCc1cccc(CN2CCCC2=O)c1)c1ccc(OCc2ccccc2)cc1. The highest BCUT2D eigenvalue weighted by atomic mass is 32.2. The van der Waals surface area contributed by atoms with Crippen LogP contribution in [-0.2, 0) is 39.3 Å². The van der Waals surface area contributed by atoms with E-state index in [1.807, 2.05) is 59.5 Å². The molecule has 1 saturated heterocycles. The van der Waals surface area contributed by atoms with Crippen LogP contribution in [0.25, 0.3) is 0 Å². The van der Waals surface area contributed by atoms with E-state index < -0.39 is 15.9 Å². The van der Waals surface area contributed by atoms with E-state index in [0.717, 1.165) is 40.2 Å². The van der Waals surface area contributed by atoms with Crippen molar-refractivity contribution in [3.8, 4) is 5.75 Å². The summed E-state index contributed by atoms with van der Waals surface area (Å²) >= 11 is 0. The second kappa shape index (κ2) is 11.9. The number of hydrogen-bond donors (Lipinski definition) is 1. The third-order valence-corrected chi connectivity index (χ3v) is 7.23. The molecule has 1 aliphatic rings. The summed E-state index contributed by atoms with van der Waals surface area (Å²) in [6, 6.07) is 24.0. The highest BCUT2D eigenvalue weighted by Gasteiger charge is 2.22. The molecule has 0 atom stereocenters. The van der Waals surface area contributed by atoms with Gasteiger partial charge in [-0.05, 0) is 47.4 Å². The maximum atomic E-state index is 12.7. The Labute approximate surface area is 217 Å². The smallest absolute Gasteiger partial charge is 0.241 e. The highest BCUT2D eigenvalue weighted by Crippen LogP contribution is 2.22. The molecule has 4 rings (SSSR count). The Kier molecular flexibility index (Phi) is 8.45. The number of nitrogens with zero attached hydrogens (tertiary/aromatic N) is 2. The van der Waals surface area contributed by atoms with Gasteiger partial charge >= 0.3 is 0 Å². The molecule has 0 unspecified atom stereocenters. The maximum absolute atomic E-state index is 12.7. The fourth-order valence-corrected chi connectivity index (χ4v) is 5.02. The van der Waals surface area contributed by atoms with Crippen molar-refractivity contribution in [3.05, 3.63) is 95.6 Å². The number of carbonyl (C=O) groups is 2. The first kappa shape index (κ1) is 26.2. The number of benzene rings is 3. The molecule has 0 spiro atoms. The molecule has 2 amide bonds. The van der Waals surface area contributed by atoms with Gasteiger partial charge < -0.3 is 15.0 Å². The van der Waals surface area contributed by atoms with Gasteiger partial charge in [0.05, 0.1) is 11.9 Å². The number of rotatable bonds is 11.